The first-order valence-electron chi connectivity index (χ1n) is 6.47. The zero-order valence-corrected chi connectivity index (χ0v) is 12.1. The molecule has 0 aliphatic heterocycles. The van der Waals surface area contributed by atoms with Crippen molar-refractivity contribution in [1.82, 2.24) is 14.8 Å². The molecule has 1 atom stereocenters. The summed E-state index contributed by atoms with van der Waals surface area (Å²) in [6.45, 7) is 9.37. The molecule has 0 spiro atoms. The van der Waals surface area contributed by atoms with Crippen molar-refractivity contribution in [2.45, 2.75) is 46.3 Å². The fraction of sp³-hybridized carbons (Fsp3) is 0.846. The van der Waals surface area contributed by atoms with Gasteiger partial charge in [-0.2, -0.15) is 5.10 Å². The summed E-state index contributed by atoms with van der Waals surface area (Å²) in [5, 5.41) is 14.8. The van der Waals surface area contributed by atoms with Gasteiger partial charge in [0, 0.05) is 20.1 Å². The minimum absolute atomic E-state index is 0.0987. The van der Waals surface area contributed by atoms with E-state index in [1.807, 2.05) is 18.5 Å². The maximum Gasteiger partial charge on any atom is 0.138 e. The SMILES string of the molecule is COCC(O)(Cc1ncnn1CC(C)C)C(C)C. The summed E-state index contributed by atoms with van der Waals surface area (Å²) in [5.41, 5.74) is -0.892. The molecule has 0 saturated heterocycles. The summed E-state index contributed by atoms with van der Waals surface area (Å²) in [5.74, 6) is 1.42. The van der Waals surface area contributed by atoms with E-state index < -0.39 is 5.60 Å². The number of hydrogen-bond acceptors (Lipinski definition) is 4. The molecule has 5 heteroatoms. The van der Waals surface area contributed by atoms with Crippen molar-refractivity contribution in [2.24, 2.45) is 11.8 Å². The van der Waals surface area contributed by atoms with Crippen molar-refractivity contribution in [3.63, 3.8) is 0 Å². The maximum atomic E-state index is 10.6. The Morgan fingerprint density at radius 1 is 1.39 bits per heavy atom. The van der Waals surface area contributed by atoms with E-state index in [2.05, 4.69) is 23.9 Å². The van der Waals surface area contributed by atoms with Crippen LogP contribution in [-0.4, -0.2) is 39.2 Å². The molecule has 5 nitrogen and oxygen atoms in total. The Balaban J connectivity index is 2.84. The van der Waals surface area contributed by atoms with Crippen LogP contribution in [0.1, 0.15) is 33.5 Å². The van der Waals surface area contributed by atoms with Gasteiger partial charge in [0.25, 0.3) is 0 Å². The second-order valence-corrected chi connectivity index (χ2v) is 5.62. The van der Waals surface area contributed by atoms with Gasteiger partial charge in [0.15, 0.2) is 0 Å². The summed E-state index contributed by atoms with van der Waals surface area (Å²) < 4.78 is 7.00. The number of aliphatic hydroxyl groups is 1. The zero-order valence-electron chi connectivity index (χ0n) is 12.1. The second kappa shape index (κ2) is 6.29. The van der Waals surface area contributed by atoms with Crippen molar-refractivity contribution >= 4 is 0 Å². The molecule has 0 amide bonds. The van der Waals surface area contributed by atoms with Gasteiger partial charge in [-0.25, -0.2) is 9.67 Å². The maximum absolute atomic E-state index is 10.6. The van der Waals surface area contributed by atoms with E-state index in [9.17, 15) is 5.11 Å². The van der Waals surface area contributed by atoms with Crippen molar-refractivity contribution in [2.75, 3.05) is 13.7 Å². The van der Waals surface area contributed by atoms with E-state index in [1.54, 1.807) is 13.4 Å². The first-order chi connectivity index (χ1) is 8.39. The van der Waals surface area contributed by atoms with Crippen LogP contribution in [0.4, 0.5) is 0 Å². The molecule has 1 heterocycles. The molecular formula is C13H25N3O2. The van der Waals surface area contributed by atoms with Gasteiger partial charge in [-0.3, -0.25) is 0 Å². The van der Waals surface area contributed by atoms with Crippen LogP contribution in [0.3, 0.4) is 0 Å². The van der Waals surface area contributed by atoms with Crippen LogP contribution in [0.15, 0.2) is 6.33 Å². The predicted molar refractivity (Wildman–Crippen MR) is 70.2 cm³/mol. The molecule has 18 heavy (non-hydrogen) atoms. The Kier molecular flexibility index (Phi) is 5.28. The summed E-state index contributed by atoms with van der Waals surface area (Å²) in [4.78, 5) is 4.26. The number of ether oxygens (including phenoxy) is 1. The van der Waals surface area contributed by atoms with Crippen LogP contribution in [-0.2, 0) is 17.7 Å². The highest BCUT2D eigenvalue weighted by atomic mass is 16.5. The molecule has 0 aliphatic carbocycles. The third-order valence-electron chi connectivity index (χ3n) is 3.17. The Bertz CT molecular complexity index is 363. The van der Waals surface area contributed by atoms with Crippen molar-refractivity contribution in [3.8, 4) is 0 Å². The van der Waals surface area contributed by atoms with E-state index in [0.29, 0.717) is 18.9 Å². The highest BCUT2D eigenvalue weighted by Gasteiger charge is 2.33. The molecule has 0 aliphatic rings. The average molecular weight is 255 g/mol. The van der Waals surface area contributed by atoms with Crippen LogP contribution in [0.5, 0.6) is 0 Å². The van der Waals surface area contributed by atoms with Crippen LogP contribution in [0.2, 0.25) is 0 Å². The molecule has 0 radical (unpaired) electrons. The average Bonchev–Trinajstić information content (AvgIpc) is 2.64. The molecule has 0 aromatic carbocycles. The molecule has 0 fully saturated rings. The van der Waals surface area contributed by atoms with Crippen LogP contribution < -0.4 is 0 Å². The Hall–Kier alpha value is -0.940. The highest BCUT2D eigenvalue weighted by Crippen LogP contribution is 2.22. The third kappa shape index (κ3) is 3.78. The van der Waals surface area contributed by atoms with Crippen molar-refractivity contribution < 1.29 is 9.84 Å². The fourth-order valence-electron chi connectivity index (χ4n) is 1.87. The monoisotopic (exact) mass is 255 g/mol. The minimum Gasteiger partial charge on any atom is -0.387 e. The fourth-order valence-corrected chi connectivity index (χ4v) is 1.87. The summed E-state index contributed by atoms with van der Waals surface area (Å²) in [7, 11) is 1.60. The van der Waals surface area contributed by atoms with E-state index in [4.69, 9.17) is 4.74 Å². The second-order valence-electron chi connectivity index (χ2n) is 5.62. The van der Waals surface area contributed by atoms with Gasteiger partial charge < -0.3 is 9.84 Å². The molecular weight excluding hydrogens is 230 g/mol. The lowest BCUT2D eigenvalue weighted by Gasteiger charge is -2.31. The number of hydrogen-bond donors (Lipinski definition) is 1. The van der Waals surface area contributed by atoms with Crippen molar-refractivity contribution in [3.05, 3.63) is 12.2 Å². The highest BCUT2D eigenvalue weighted by molar-refractivity contribution is 4.96. The van der Waals surface area contributed by atoms with Gasteiger partial charge in [-0.15, -0.1) is 0 Å². The summed E-state index contributed by atoms with van der Waals surface area (Å²) in [6, 6.07) is 0. The van der Waals surface area contributed by atoms with Crippen LogP contribution in [0.25, 0.3) is 0 Å². The van der Waals surface area contributed by atoms with Gasteiger partial charge in [0.1, 0.15) is 12.2 Å². The first-order valence-corrected chi connectivity index (χ1v) is 6.47. The lowest BCUT2D eigenvalue weighted by Crippen LogP contribution is -2.43. The molecule has 1 rings (SSSR count). The zero-order chi connectivity index (χ0) is 13.8. The lowest BCUT2D eigenvalue weighted by molar-refractivity contribution is -0.0656. The smallest absolute Gasteiger partial charge is 0.138 e. The Morgan fingerprint density at radius 3 is 2.56 bits per heavy atom. The molecule has 1 aromatic heterocycles. The normalized spacial score (nSPS) is 15.3. The molecule has 1 unspecified atom stereocenters. The molecule has 0 saturated carbocycles. The number of nitrogens with zero attached hydrogens (tertiary/aromatic N) is 3. The van der Waals surface area contributed by atoms with E-state index >= 15 is 0 Å². The van der Waals surface area contributed by atoms with Gasteiger partial charge in [-0.05, 0) is 11.8 Å². The van der Waals surface area contributed by atoms with E-state index in [1.165, 1.54) is 0 Å². The van der Waals surface area contributed by atoms with E-state index in [-0.39, 0.29) is 5.92 Å². The largest absolute Gasteiger partial charge is 0.387 e. The standard InChI is InChI=1S/C13H25N3O2/c1-10(2)7-16-12(14-9-15-16)6-13(17,8-18-5)11(3)4/h9-11,17H,6-8H2,1-5H3. The molecule has 104 valence electrons. The molecule has 1 aromatic rings. The molecule has 1 N–H and O–H groups in total. The van der Waals surface area contributed by atoms with Crippen molar-refractivity contribution in [1.29, 1.82) is 0 Å². The summed E-state index contributed by atoms with van der Waals surface area (Å²) >= 11 is 0. The van der Waals surface area contributed by atoms with Gasteiger partial charge >= 0.3 is 0 Å². The topological polar surface area (TPSA) is 60.2 Å². The molecule has 0 bridgehead atoms. The van der Waals surface area contributed by atoms with E-state index in [0.717, 1.165) is 12.4 Å². The van der Waals surface area contributed by atoms with Crippen LogP contribution >= 0.6 is 0 Å². The number of methoxy groups -OCH3 is 1. The third-order valence-corrected chi connectivity index (χ3v) is 3.17. The van der Waals surface area contributed by atoms with Gasteiger partial charge in [0.05, 0.1) is 12.2 Å². The Morgan fingerprint density at radius 2 is 2.06 bits per heavy atom. The predicted octanol–water partition coefficient (Wildman–Crippen LogP) is 1.51. The van der Waals surface area contributed by atoms with Crippen LogP contribution in [0, 0.1) is 11.8 Å². The number of rotatable bonds is 7. The Labute approximate surface area is 109 Å². The minimum atomic E-state index is -0.892. The summed E-state index contributed by atoms with van der Waals surface area (Å²) in [6.07, 6.45) is 2.01. The quantitative estimate of drug-likeness (QED) is 0.802. The van der Waals surface area contributed by atoms with Gasteiger partial charge in [-0.1, -0.05) is 27.7 Å². The number of aromatic nitrogens is 3. The lowest BCUT2D eigenvalue weighted by atomic mass is 9.87. The van der Waals surface area contributed by atoms with Gasteiger partial charge in [0.2, 0.25) is 0 Å². The first kappa shape index (κ1) is 15.1.